The zero-order valence-electron chi connectivity index (χ0n) is 11.0. The number of halogens is 4. The van der Waals surface area contributed by atoms with Crippen LogP contribution in [-0.4, -0.2) is 37.4 Å². The number of amides is 1. The fraction of sp³-hybridized carbons (Fsp3) is 0.462. The standard InChI is InChI=1S/C13H15F4NO3/c14-9-2-3-10(11(8-9)13(15,16)17)12(20)18-4-1-6-21-7-5-19/h2-3,8,19H,1,4-7H2,(H,18,20). The van der Waals surface area contributed by atoms with Gasteiger partial charge in [0.15, 0.2) is 0 Å². The van der Waals surface area contributed by atoms with E-state index in [-0.39, 0.29) is 26.4 Å². The van der Waals surface area contributed by atoms with Crippen molar-refractivity contribution in [2.45, 2.75) is 12.6 Å². The highest BCUT2D eigenvalue weighted by Gasteiger charge is 2.35. The van der Waals surface area contributed by atoms with Crippen LogP contribution < -0.4 is 5.32 Å². The molecular weight excluding hydrogens is 294 g/mol. The van der Waals surface area contributed by atoms with E-state index in [0.29, 0.717) is 12.5 Å². The molecule has 8 heteroatoms. The van der Waals surface area contributed by atoms with Gasteiger partial charge in [-0.05, 0) is 24.6 Å². The molecule has 0 bridgehead atoms. The second-order valence-electron chi connectivity index (χ2n) is 4.13. The normalized spacial score (nSPS) is 11.5. The molecule has 21 heavy (non-hydrogen) atoms. The van der Waals surface area contributed by atoms with E-state index in [2.05, 4.69) is 5.32 Å². The van der Waals surface area contributed by atoms with Crippen LogP contribution in [0.3, 0.4) is 0 Å². The average Bonchev–Trinajstić information content (AvgIpc) is 2.41. The Morgan fingerprint density at radius 2 is 2.00 bits per heavy atom. The van der Waals surface area contributed by atoms with Gasteiger partial charge in [-0.3, -0.25) is 4.79 Å². The van der Waals surface area contributed by atoms with Crippen LogP contribution in [0.2, 0.25) is 0 Å². The Labute approximate surface area is 118 Å². The molecule has 0 saturated heterocycles. The highest BCUT2D eigenvalue weighted by Crippen LogP contribution is 2.32. The number of hydrogen-bond donors (Lipinski definition) is 2. The largest absolute Gasteiger partial charge is 0.417 e. The molecule has 0 radical (unpaired) electrons. The Bertz CT molecular complexity index is 477. The van der Waals surface area contributed by atoms with Crippen LogP contribution in [0.4, 0.5) is 17.6 Å². The molecule has 1 amide bonds. The first kappa shape index (κ1) is 17.4. The van der Waals surface area contributed by atoms with E-state index in [1.807, 2.05) is 0 Å². The highest BCUT2D eigenvalue weighted by molar-refractivity contribution is 5.95. The van der Waals surface area contributed by atoms with Crippen molar-refractivity contribution in [2.75, 3.05) is 26.4 Å². The Morgan fingerprint density at radius 3 is 2.62 bits per heavy atom. The predicted molar refractivity (Wildman–Crippen MR) is 66.3 cm³/mol. The van der Waals surface area contributed by atoms with Gasteiger partial charge in [-0.1, -0.05) is 0 Å². The van der Waals surface area contributed by atoms with Crippen molar-refractivity contribution in [3.63, 3.8) is 0 Å². The first-order valence-electron chi connectivity index (χ1n) is 6.20. The summed E-state index contributed by atoms with van der Waals surface area (Å²) in [7, 11) is 0. The minimum absolute atomic E-state index is 0.110. The first-order valence-corrected chi connectivity index (χ1v) is 6.20. The van der Waals surface area contributed by atoms with Crippen LogP contribution in [0.1, 0.15) is 22.3 Å². The molecule has 0 spiro atoms. The lowest BCUT2D eigenvalue weighted by atomic mass is 10.1. The molecule has 0 unspecified atom stereocenters. The number of alkyl halides is 3. The molecule has 1 aromatic carbocycles. The summed E-state index contributed by atoms with van der Waals surface area (Å²) >= 11 is 0. The van der Waals surface area contributed by atoms with Crippen LogP contribution in [0.5, 0.6) is 0 Å². The molecule has 0 saturated carbocycles. The van der Waals surface area contributed by atoms with E-state index in [0.717, 1.165) is 12.1 Å². The molecular formula is C13H15F4NO3. The van der Waals surface area contributed by atoms with Crippen LogP contribution in [0.25, 0.3) is 0 Å². The number of carbonyl (C=O) groups is 1. The maximum absolute atomic E-state index is 12.9. The quantitative estimate of drug-likeness (QED) is 0.598. The number of carbonyl (C=O) groups excluding carboxylic acids is 1. The lowest BCUT2D eigenvalue weighted by molar-refractivity contribution is -0.138. The van der Waals surface area contributed by atoms with E-state index in [1.165, 1.54) is 0 Å². The van der Waals surface area contributed by atoms with Crippen LogP contribution in [-0.2, 0) is 10.9 Å². The minimum Gasteiger partial charge on any atom is -0.394 e. The minimum atomic E-state index is -4.81. The van der Waals surface area contributed by atoms with Gasteiger partial charge in [0.05, 0.1) is 24.3 Å². The number of aliphatic hydroxyl groups is 1. The summed E-state index contributed by atoms with van der Waals surface area (Å²) in [5.74, 6) is -1.99. The number of hydrogen-bond acceptors (Lipinski definition) is 3. The lowest BCUT2D eigenvalue weighted by Gasteiger charge is -2.13. The zero-order chi connectivity index (χ0) is 15.9. The number of rotatable bonds is 7. The summed E-state index contributed by atoms with van der Waals surface area (Å²) < 4.78 is 56.0. The maximum atomic E-state index is 12.9. The zero-order valence-corrected chi connectivity index (χ0v) is 11.0. The van der Waals surface area contributed by atoms with Crippen molar-refractivity contribution in [1.82, 2.24) is 5.32 Å². The lowest BCUT2D eigenvalue weighted by Crippen LogP contribution is -2.28. The van der Waals surface area contributed by atoms with Crippen molar-refractivity contribution < 1.29 is 32.2 Å². The van der Waals surface area contributed by atoms with Crippen LogP contribution >= 0.6 is 0 Å². The molecule has 0 aliphatic rings. The van der Waals surface area contributed by atoms with Crippen molar-refractivity contribution in [1.29, 1.82) is 0 Å². The second kappa shape index (κ2) is 7.94. The molecule has 0 fully saturated rings. The number of nitrogens with one attached hydrogen (secondary N) is 1. The summed E-state index contributed by atoms with van der Waals surface area (Å²) in [6, 6.07) is 1.89. The van der Waals surface area contributed by atoms with Crippen molar-refractivity contribution >= 4 is 5.91 Å². The predicted octanol–water partition coefficient (Wildman–Crippen LogP) is 1.97. The summed E-state index contributed by atoms with van der Waals surface area (Å²) in [6.45, 7) is 0.399. The van der Waals surface area contributed by atoms with E-state index >= 15 is 0 Å². The van der Waals surface area contributed by atoms with E-state index in [9.17, 15) is 22.4 Å². The van der Waals surface area contributed by atoms with Gasteiger partial charge < -0.3 is 15.2 Å². The maximum Gasteiger partial charge on any atom is 0.417 e. The Hall–Kier alpha value is -1.67. The van der Waals surface area contributed by atoms with Crippen molar-refractivity contribution in [3.8, 4) is 0 Å². The number of benzene rings is 1. The molecule has 0 heterocycles. The van der Waals surface area contributed by atoms with Gasteiger partial charge >= 0.3 is 6.18 Å². The highest BCUT2D eigenvalue weighted by atomic mass is 19.4. The Morgan fingerprint density at radius 1 is 1.29 bits per heavy atom. The molecule has 1 aromatic rings. The van der Waals surface area contributed by atoms with E-state index < -0.39 is 29.0 Å². The van der Waals surface area contributed by atoms with Gasteiger partial charge in [0.1, 0.15) is 5.82 Å². The average molecular weight is 309 g/mol. The molecule has 2 N–H and O–H groups in total. The third kappa shape index (κ3) is 5.68. The monoisotopic (exact) mass is 309 g/mol. The van der Waals surface area contributed by atoms with Gasteiger partial charge in [0, 0.05) is 13.2 Å². The third-order valence-corrected chi connectivity index (χ3v) is 2.52. The van der Waals surface area contributed by atoms with Gasteiger partial charge in [-0.25, -0.2) is 4.39 Å². The van der Waals surface area contributed by atoms with Crippen molar-refractivity contribution in [2.24, 2.45) is 0 Å². The fourth-order valence-electron chi connectivity index (χ4n) is 1.59. The number of ether oxygens (including phenoxy) is 1. The topological polar surface area (TPSA) is 58.6 Å². The third-order valence-electron chi connectivity index (χ3n) is 2.52. The summed E-state index contributed by atoms with van der Waals surface area (Å²) in [5.41, 5.74) is -1.93. The van der Waals surface area contributed by atoms with Gasteiger partial charge in [0.2, 0.25) is 0 Å². The smallest absolute Gasteiger partial charge is 0.394 e. The van der Waals surface area contributed by atoms with E-state index in [1.54, 1.807) is 0 Å². The van der Waals surface area contributed by atoms with Gasteiger partial charge in [-0.15, -0.1) is 0 Å². The first-order chi connectivity index (χ1) is 9.86. The fourth-order valence-corrected chi connectivity index (χ4v) is 1.59. The van der Waals surface area contributed by atoms with E-state index in [4.69, 9.17) is 9.84 Å². The van der Waals surface area contributed by atoms with Crippen LogP contribution in [0.15, 0.2) is 18.2 Å². The van der Waals surface area contributed by atoms with Gasteiger partial charge in [0.25, 0.3) is 5.91 Å². The Balaban J connectivity index is 2.62. The molecule has 0 atom stereocenters. The number of aliphatic hydroxyl groups excluding tert-OH is 1. The summed E-state index contributed by atoms with van der Waals surface area (Å²) in [4.78, 5) is 11.7. The molecule has 0 aliphatic heterocycles. The summed E-state index contributed by atoms with van der Waals surface area (Å²) in [5, 5.41) is 10.8. The SMILES string of the molecule is O=C(NCCCOCCO)c1ccc(F)cc1C(F)(F)F. The molecule has 0 aromatic heterocycles. The van der Waals surface area contributed by atoms with Crippen LogP contribution in [0, 0.1) is 5.82 Å². The molecule has 1 rings (SSSR count). The second-order valence-corrected chi connectivity index (χ2v) is 4.13. The molecule has 118 valence electrons. The molecule has 0 aliphatic carbocycles. The van der Waals surface area contributed by atoms with Gasteiger partial charge in [-0.2, -0.15) is 13.2 Å². The van der Waals surface area contributed by atoms with Crippen molar-refractivity contribution in [3.05, 3.63) is 35.1 Å². The summed E-state index contributed by atoms with van der Waals surface area (Å²) in [6.07, 6.45) is -4.42. The Kier molecular flexibility index (Phi) is 6.57. The molecule has 4 nitrogen and oxygen atoms in total.